The number of benzene rings is 2. The highest BCUT2D eigenvalue weighted by Crippen LogP contribution is 2.12. The normalized spacial score (nSPS) is 10.6. The zero-order valence-corrected chi connectivity index (χ0v) is 10.6. The molecular weight excluding hydrogens is 224 g/mol. The standard InChI is InChI=1S/C15H16N2O/c1-17(14-6-4-3-5-7-14)16-12-13-8-10-15(18-2)11-9-13/h3-12H,1-2H3/b16-12+. The summed E-state index contributed by atoms with van der Waals surface area (Å²) in [4.78, 5) is 0. The first-order valence-corrected chi connectivity index (χ1v) is 5.76. The zero-order valence-electron chi connectivity index (χ0n) is 10.6. The summed E-state index contributed by atoms with van der Waals surface area (Å²) < 4.78 is 5.11. The van der Waals surface area contributed by atoms with Crippen LogP contribution in [-0.2, 0) is 0 Å². The van der Waals surface area contributed by atoms with Crippen LogP contribution in [0.15, 0.2) is 59.7 Å². The molecule has 0 fully saturated rings. The number of rotatable bonds is 4. The molecule has 92 valence electrons. The average Bonchev–Trinajstić information content (AvgIpc) is 2.46. The summed E-state index contributed by atoms with van der Waals surface area (Å²) in [6.07, 6.45) is 1.83. The van der Waals surface area contributed by atoms with Crippen LogP contribution in [0.4, 0.5) is 5.69 Å². The predicted octanol–water partition coefficient (Wildman–Crippen LogP) is 3.17. The zero-order chi connectivity index (χ0) is 12.8. The molecule has 2 aromatic rings. The van der Waals surface area contributed by atoms with Gasteiger partial charge in [-0.2, -0.15) is 5.10 Å². The van der Waals surface area contributed by atoms with Gasteiger partial charge in [0.1, 0.15) is 5.75 Å². The van der Waals surface area contributed by atoms with Crippen LogP contribution < -0.4 is 9.75 Å². The van der Waals surface area contributed by atoms with Gasteiger partial charge < -0.3 is 4.74 Å². The minimum Gasteiger partial charge on any atom is -0.497 e. The molecule has 0 aromatic heterocycles. The van der Waals surface area contributed by atoms with Crippen molar-refractivity contribution in [3.8, 4) is 5.75 Å². The van der Waals surface area contributed by atoms with Crippen LogP contribution in [0.2, 0.25) is 0 Å². The number of para-hydroxylation sites is 1. The Morgan fingerprint density at radius 3 is 2.28 bits per heavy atom. The van der Waals surface area contributed by atoms with Crippen LogP contribution in [0, 0.1) is 0 Å². The van der Waals surface area contributed by atoms with Gasteiger partial charge >= 0.3 is 0 Å². The van der Waals surface area contributed by atoms with Crippen LogP contribution >= 0.6 is 0 Å². The maximum atomic E-state index is 5.11. The van der Waals surface area contributed by atoms with E-state index in [0.29, 0.717) is 0 Å². The molecule has 0 atom stereocenters. The Balaban J connectivity index is 2.06. The number of anilines is 1. The first-order valence-electron chi connectivity index (χ1n) is 5.76. The molecule has 0 saturated heterocycles. The molecule has 0 radical (unpaired) electrons. The van der Waals surface area contributed by atoms with Crippen molar-refractivity contribution >= 4 is 11.9 Å². The molecule has 0 bridgehead atoms. The molecule has 0 aliphatic heterocycles. The summed E-state index contributed by atoms with van der Waals surface area (Å²) in [6.45, 7) is 0. The Bertz CT molecular complexity index is 506. The van der Waals surface area contributed by atoms with Gasteiger partial charge in [0.05, 0.1) is 19.0 Å². The van der Waals surface area contributed by atoms with Crippen LogP contribution in [0.5, 0.6) is 5.75 Å². The fraction of sp³-hybridized carbons (Fsp3) is 0.133. The number of hydrogen-bond donors (Lipinski definition) is 0. The second-order valence-electron chi connectivity index (χ2n) is 3.88. The van der Waals surface area contributed by atoms with Gasteiger partial charge in [-0.15, -0.1) is 0 Å². The van der Waals surface area contributed by atoms with Gasteiger partial charge in [-0.1, -0.05) is 18.2 Å². The highest BCUT2D eigenvalue weighted by molar-refractivity contribution is 5.80. The van der Waals surface area contributed by atoms with E-state index in [2.05, 4.69) is 5.10 Å². The Morgan fingerprint density at radius 1 is 1.00 bits per heavy atom. The van der Waals surface area contributed by atoms with Crippen molar-refractivity contribution in [2.75, 3.05) is 19.2 Å². The second kappa shape index (κ2) is 5.87. The summed E-state index contributed by atoms with van der Waals surface area (Å²) in [7, 11) is 3.58. The molecule has 3 nitrogen and oxygen atoms in total. The van der Waals surface area contributed by atoms with E-state index in [1.165, 1.54) is 0 Å². The van der Waals surface area contributed by atoms with Crippen molar-refractivity contribution in [2.45, 2.75) is 0 Å². The Kier molecular flexibility index (Phi) is 3.97. The molecule has 2 aromatic carbocycles. The topological polar surface area (TPSA) is 24.8 Å². The van der Waals surface area contributed by atoms with Crippen molar-refractivity contribution in [1.29, 1.82) is 0 Å². The molecule has 3 heteroatoms. The average molecular weight is 240 g/mol. The van der Waals surface area contributed by atoms with E-state index in [4.69, 9.17) is 4.74 Å². The summed E-state index contributed by atoms with van der Waals surface area (Å²) in [5.74, 6) is 0.851. The fourth-order valence-electron chi connectivity index (χ4n) is 1.55. The molecule has 0 aliphatic carbocycles. The van der Waals surface area contributed by atoms with Gasteiger partial charge in [0, 0.05) is 7.05 Å². The third-order valence-corrected chi connectivity index (χ3v) is 2.63. The molecular formula is C15H16N2O. The van der Waals surface area contributed by atoms with Crippen molar-refractivity contribution in [3.05, 3.63) is 60.2 Å². The lowest BCUT2D eigenvalue weighted by Crippen LogP contribution is -2.08. The SMILES string of the molecule is COc1ccc(/C=N/N(C)c2ccccc2)cc1. The highest BCUT2D eigenvalue weighted by atomic mass is 16.5. The molecule has 0 spiro atoms. The largest absolute Gasteiger partial charge is 0.497 e. The maximum Gasteiger partial charge on any atom is 0.118 e. The summed E-state index contributed by atoms with van der Waals surface area (Å²) in [5.41, 5.74) is 2.10. The van der Waals surface area contributed by atoms with E-state index >= 15 is 0 Å². The first kappa shape index (κ1) is 12.2. The Labute approximate surface area is 107 Å². The quantitative estimate of drug-likeness (QED) is 0.605. The molecule has 0 amide bonds. The molecule has 0 N–H and O–H groups in total. The van der Waals surface area contributed by atoms with Crippen molar-refractivity contribution in [3.63, 3.8) is 0 Å². The van der Waals surface area contributed by atoms with Crippen LogP contribution in [0.1, 0.15) is 5.56 Å². The monoisotopic (exact) mass is 240 g/mol. The third-order valence-electron chi connectivity index (χ3n) is 2.63. The van der Waals surface area contributed by atoms with E-state index in [-0.39, 0.29) is 0 Å². The van der Waals surface area contributed by atoms with E-state index in [1.807, 2.05) is 72.9 Å². The van der Waals surface area contributed by atoms with Crippen LogP contribution in [0.25, 0.3) is 0 Å². The minimum atomic E-state index is 0.851. The maximum absolute atomic E-state index is 5.11. The molecule has 0 aliphatic rings. The Hall–Kier alpha value is -2.29. The fourth-order valence-corrected chi connectivity index (χ4v) is 1.55. The van der Waals surface area contributed by atoms with Gasteiger partial charge in [-0.3, -0.25) is 5.01 Å². The van der Waals surface area contributed by atoms with Gasteiger partial charge in [0.25, 0.3) is 0 Å². The highest BCUT2D eigenvalue weighted by Gasteiger charge is 1.95. The van der Waals surface area contributed by atoms with E-state index in [1.54, 1.807) is 7.11 Å². The first-order chi connectivity index (χ1) is 8.79. The number of ether oxygens (including phenoxy) is 1. The molecule has 0 unspecified atom stereocenters. The van der Waals surface area contributed by atoms with E-state index in [9.17, 15) is 0 Å². The van der Waals surface area contributed by atoms with Gasteiger partial charge in [-0.05, 0) is 42.0 Å². The third kappa shape index (κ3) is 3.10. The van der Waals surface area contributed by atoms with Gasteiger partial charge in [-0.25, -0.2) is 0 Å². The predicted molar refractivity (Wildman–Crippen MR) is 75.4 cm³/mol. The van der Waals surface area contributed by atoms with E-state index in [0.717, 1.165) is 17.0 Å². The number of nitrogens with zero attached hydrogens (tertiary/aromatic N) is 2. The number of hydrogen-bond acceptors (Lipinski definition) is 3. The van der Waals surface area contributed by atoms with E-state index < -0.39 is 0 Å². The van der Waals surface area contributed by atoms with Gasteiger partial charge in [0.2, 0.25) is 0 Å². The second-order valence-corrected chi connectivity index (χ2v) is 3.88. The van der Waals surface area contributed by atoms with Crippen molar-refractivity contribution in [1.82, 2.24) is 0 Å². The summed E-state index contributed by atoms with van der Waals surface area (Å²) in [5, 5.41) is 6.23. The summed E-state index contributed by atoms with van der Waals surface area (Å²) >= 11 is 0. The van der Waals surface area contributed by atoms with Crippen molar-refractivity contribution in [2.24, 2.45) is 5.10 Å². The van der Waals surface area contributed by atoms with Crippen molar-refractivity contribution < 1.29 is 4.74 Å². The molecule has 18 heavy (non-hydrogen) atoms. The van der Waals surface area contributed by atoms with Gasteiger partial charge in [0.15, 0.2) is 0 Å². The smallest absolute Gasteiger partial charge is 0.118 e. The Morgan fingerprint density at radius 2 is 1.67 bits per heavy atom. The molecule has 0 heterocycles. The lowest BCUT2D eigenvalue weighted by molar-refractivity contribution is 0.415. The lowest BCUT2D eigenvalue weighted by atomic mass is 10.2. The number of hydrazone groups is 1. The van der Waals surface area contributed by atoms with Crippen LogP contribution in [0.3, 0.4) is 0 Å². The molecule has 0 saturated carbocycles. The molecule has 2 rings (SSSR count). The number of methoxy groups -OCH3 is 1. The lowest BCUT2D eigenvalue weighted by Gasteiger charge is -2.12. The minimum absolute atomic E-state index is 0.851. The van der Waals surface area contributed by atoms with Crippen LogP contribution in [-0.4, -0.2) is 20.4 Å². The summed E-state index contributed by atoms with van der Waals surface area (Å²) in [6, 6.07) is 17.8.